The van der Waals surface area contributed by atoms with Gasteiger partial charge in [0.25, 0.3) is 5.91 Å². The number of rotatable bonds is 4. The lowest BCUT2D eigenvalue weighted by Crippen LogP contribution is -2.57. The van der Waals surface area contributed by atoms with Crippen LogP contribution in [0.25, 0.3) is 0 Å². The Morgan fingerprint density at radius 1 is 1.23 bits per heavy atom. The van der Waals surface area contributed by atoms with Crippen LogP contribution in [0.15, 0.2) is 47.1 Å². The molecule has 1 aromatic heterocycles. The Balaban J connectivity index is 1.64. The molecule has 5 nitrogen and oxygen atoms in total. The minimum Gasteiger partial charge on any atom is -0.468 e. The number of halogens is 1. The van der Waals surface area contributed by atoms with Crippen molar-refractivity contribution in [1.29, 1.82) is 0 Å². The Labute approximate surface area is 133 Å². The summed E-state index contributed by atoms with van der Waals surface area (Å²) in [4.78, 5) is 13.8. The molecular weight excluding hydrogens is 326 g/mol. The van der Waals surface area contributed by atoms with E-state index in [0.717, 1.165) is 0 Å². The van der Waals surface area contributed by atoms with Gasteiger partial charge in [0, 0.05) is 13.1 Å². The smallest absolute Gasteiger partial charge is 0.255 e. The van der Waals surface area contributed by atoms with Gasteiger partial charge in [0.15, 0.2) is 9.84 Å². The van der Waals surface area contributed by atoms with Gasteiger partial charge in [-0.2, -0.15) is 0 Å². The molecule has 1 aromatic carbocycles. The van der Waals surface area contributed by atoms with Crippen LogP contribution in [0.1, 0.15) is 16.1 Å². The SMILES string of the molecule is O=C(c1ccccc1Cl)N1CC(S(=O)(=O)Cc2ccco2)C1. The number of hydrogen-bond acceptors (Lipinski definition) is 4. The van der Waals surface area contributed by atoms with Crippen molar-refractivity contribution in [2.45, 2.75) is 11.0 Å². The standard InChI is InChI=1S/C15H14ClNO4S/c16-14-6-2-1-5-13(14)15(18)17-8-12(9-17)22(19,20)10-11-4-3-7-21-11/h1-7,12H,8-10H2. The van der Waals surface area contributed by atoms with E-state index in [4.69, 9.17) is 16.0 Å². The second kappa shape index (κ2) is 5.78. The van der Waals surface area contributed by atoms with Gasteiger partial charge in [0.1, 0.15) is 11.5 Å². The Morgan fingerprint density at radius 3 is 2.59 bits per heavy atom. The van der Waals surface area contributed by atoms with Crippen molar-refractivity contribution < 1.29 is 17.6 Å². The first-order valence-corrected chi connectivity index (χ1v) is 8.84. The molecule has 2 heterocycles. The van der Waals surface area contributed by atoms with Crippen LogP contribution in [0.5, 0.6) is 0 Å². The summed E-state index contributed by atoms with van der Waals surface area (Å²) in [6.07, 6.45) is 1.44. The number of nitrogens with zero attached hydrogens (tertiary/aromatic N) is 1. The number of sulfone groups is 1. The molecule has 1 aliphatic rings. The van der Waals surface area contributed by atoms with Crippen molar-refractivity contribution in [3.8, 4) is 0 Å². The van der Waals surface area contributed by atoms with Gasteiger partial charge >= 0.3 is 0 Å². The summed E-state index contributed by atoms with van der Waals surface area (Å²) in [5.74, 6) is 0.0321. The largest absolute Gasteiger partial charge is 0.468 e. The van der Waals surface area contributed by atoms with Crippen molar-refractivity contribution in [3.05, 3.63) is 59.0 Å². The highest BCUT2D eigenvalue weighted by molar-refractivity contribution is 7.91. The Bertz CT molecular complexity index is 780. The molecule has 0 bridgehead atoms. The van der Waals surface area contributed by atoms with E-state index in [1.54, 1.807) is 36.4 Å². The van der Waals surface area contributed by atoms with Gasteiger partial charge in [-0.1, -0.05) is 23.7 Å². The molecule has 0 atom stereocenters. The number of furan rings is 1. The number of hydrogen-bond donors (Lipinski definition) is 0. The van der Waals surface area contributed by atoms with E-state index in [0.29, 0.717) is 16.3 Å². The number of carbonyl (C=O) groups excluding carboxylic acids is 1. The monoisotopic (exact) mass is 339 g/mol. The van der Waals surface area contributed by atoms with Gasteiger partial charge in [-0.05, 0) is 24.3 Å². The van der Waals surface area contributed by atoms with E-state index in [9.17, 15) is 13.2 Å². The number of likely N-dealkylation sites (tertiary alicyclic amines) is 1. The molecule has 1 amide bonds. The molecular formula is C15H14ClNO4S. The molecule has 2 aromatic rings. The quantitative estimate of drug-likeness (QED) is 0.857. The van der Waals surface area contributed by atoms with Crippen LogP contribution in [0, 0.1) is 0 Å². The van der Waals surface area contributed by atoms with Gasteiger partial charge in [-0.25, -0.2) is 8.42 Å². The molecule has 0 aliphatic carbocycles. The zero-order valence-electron chi connectivity index (χ0n) is 11.6. The number of carbonyl (C=O) groups is 1. The highest BCUT2D eigenvalue weighted by atomic mass is 35.5. The molecule has 116 valence electrons. The van der Waals surface area contributed by atoms with Crippen LogP contribution in [0.2, 0.25) is 5.02 Å². The van der Waals surface area contributed by atoms with E-state index in [-0.39, 0.29) is 24.7 Å². The fraction of sp³-hybridized carbons (Fsp3) is 0.267. The Kier molecular flexibility index (Phi) is 3.97. The third kappa shape index (κ3) is 2.89. The first-order valence-electron chi connectivity index (χ1n) is 6.75. The normalized spacial score (nSPS) is 15.6. The van der Waals surface area contributed by atoms with Crippen LogP contribution >= 0.6 is 11.6 Å². The zero-order chi connectivity index (χ0) is 15.7. The van der Waals surface area contributed by atoms with E-state index < -0.39 is 15.1 Å². The Hall–Kier alpha value is -1.79. The number of amides is 1. The van der Waals surface area contributed by atoms with Gasteiger partial charge in [0.2, 0.25) is 0 Å². The Morgan fingerprint density at radius 2 is 1.95 bits per heavy atom. The van der Waals surface area contributed by atoms with Crippen molar-refractivity contribution in [3.63, 3.8) is 0 Å². The van der Waals surface area contributed by atoms with Crippen molar-refractivity contribution >= 4 is 27.3 Å². The lowest BCUT2D eigenvalue weighted by atomic mass is 10.1. The fourth-order valence-electron chi connectivity index (χ4n) is 2.35. The molecule has 1 aliphatic heterocycles. The minimum atomic E-state index is -3.33. The fourth-order valence-corrected chi connectivity index (χ4v) is 4.17. The van der Waals surface area contributed by atoms with E-state index in [2.05, 4.69) is 0 Å². The second-order valence-corrected chi connectivity index (χ2v) is 7.89. The third-order valence-electron chi connectivity index (χ3n) is 3.67. The van der Waals surface area contributed by atoms with Gasteiger partial charge in [-0.15, -0.1) is 0 Å². The van der Waals surface area contributed by atoms with Gasteiger partial charge in [-0.3, -0.25) is 4.79 Å². The molecule has 3 rings (SSSR count). The van der Waals surface area contributed by atoms with Crippen molar-refractivity contribution in [1.82, 2.24) is 4.90 Å². The summed E-state index contributed by atoms with van der Waals surface area (Å²) in [5.41, 5.74) is 0.394. The molecule has 1 fully saturated rings. The first kappa shape index (κ1) is 15.1. The lowest BCUT2D eigenvalue weighted by Gasteiger charge is -2.38. The maximum Gasteiger partial charge on any atom is 0.255 e. The highest BCUT2D eigenvalue weighted by Crippen LogP contribution is 2.25. The summed E-state index contributed by atoms with van der Waals surface area (Å²) in [7, 11) is -3.33. The molecule has 0 unspecified atom stereocenters. The predicted molar refractivity (Wildman–Crippen MR) is 82.5 cm³/mol. The average Bonchev–Trinajstić information content (AvgIpc) is 2.89. The summed E-state index contributed by atoms with van der Waals surface area (Å²) in [5, 5.41) is -0.182. The molecule has 22 heavy (non-hydrogen) atoms. The van der Waals surface area contributed by atoms with Crippen LogP contribution in [-0.2, 0) is 15.6 Å². The topological polar surface area (TPSA) is 67.6 Å². The second-order valence-electron chi connectivity index (χ2n) is 5.20. The van der Waals surface area contributed by atoms with Crippen molar-refractivity contribution in [2.24, 2.45) is 0 Å². The van der Waals surface area contributed by atoms with Crippen LogP contribution in [-0.4, -0.2) is 37.6 Å². The van der Waals surface area contributed by atoms with Crippen molar-refractivity contribution in [2.75, 3.05) is 13.1 Å². The van der Waals surface area contributed by atoms with E-state index in [1.807, 2.05) is 0 Å². The van der Waals surface area contributed by atoms with Gasteiger partial charge in [0.05, 0.1) is 22.1 Å². The van der Waals surface area contributed by atoms with Crippen LogP contribution < -0.4 is 0 Å². The summed E-state index contributed by atoms with van der Waals surface area (Å²) >= 11 is 5.99. The lowest BCUT2D eigenvalue weighted by molar-refractivity contribution is 0.0659. The van der Waals surface area contributed by atoms with Gasteiger partial charge < -0.3 is 9.32 Å². The minimum absolute atomic E-state index is 0.140. The summed E-state index contributed by atoms with van der Waals surface area (Å²) in [6.45, 7) is 0.375. The molecule has 0 spiro atoms. The average molecular weight is 340 g/mol. The summed E-state index contributed by atoms with van der Waals surface area (Å²) in [6, 6.07) is 10.0. The number of benzene rings is 1. The highest BCUT2D eigenvalue weighted by Gasteiger charge is 2.40. The molecule has 1 saturated heterocycles. The van der Waals surface area contributed by atoms with Crippen LogP contribution in [0.3, 0.4) is 0 Å². The molecule has 0 radical (unpaired) electrons. The predicted octanol–water partition coefficient (Wildman–Crippen LogP) is 2.37. The molecule has 7 heteroatoms. The first-order chi connectivity index (χ1) is 10.5. The van der Waals surface area contributed by atoms with Crippen LogP contribution in [0.4, 0.5) is 0 Å². The van der Waals surface area contributed by atoms with E-state index >= 15 is 0 Å². The summed E-state index contributed by atoms with van der Waals surface area (Å²) < 4.78 is 29.5. The maximum atomic E-state index is 12.3. The van der Waals surface area contributed by atoms with E-state index in [1.165, 1.54) is 11.2 Å². The molecule has 0 saturated carbocycles. The third-order valence-corrected chi connectivity index (χ3v) is 6.00. The zero-order valence-corrected chi connectivity index (χ0v) is 13.2. The molecule has 0 N–H and O–H groups in total. The maximum absolute atomic E-state index is 12.3.